The van der Waals surface area contributed by atoms with E-state index in [0.29, 0.717) is 0 Å². The summed E-state index contributed by atoms with van der Waals surface area (Å²) in [7, 11) is 1.96. The van der Waals surface area contributed by atoms with Crippen molar-refractivity contribution in [1.29, 1.82) is 0 Å². The van der Waals surface area contributed by atoms with Crippen molar-refractivity contribution in [3.8, 4) is 0 Å². The predicted molar refractivity (Wildman–Crippen MR) is 82.1 cm³/mol. The van der Waals surface area contributed by atoms with E-state index in [1.165, 1.54) is 10.9 Å². The summed E-state index contributed by atoms with van der Waals surface area (Å²) in [4.78, 5) is 0. The second-order valence-electron chi connectivity index (χ2n) is 5.37. The zero-order valence-corrected chi connectivity index (χ0v) is 12.6. The topological polar surface area (TPSA) is 55.9 Å². The Bertz CT molecular complexity index is 744. The molecule has 0 amide bonds. The molecule has 110 valence electrons. The molecule has 1 atom stereocenters. The number of hydrogen-bond donors (Lipinski definition) is 1. The highest BCUT2D eigenvalue weighted by Crippen LogP contribution is 2.28. The van der Waals surface area contributed by atoms with Crippen LogP contribution in [0.1, 0.15) is 30.1 Å². The normalized spacial score (nSPS) is 12.9. The van der Waals surface area contributed by atoms with Crippen molar-refractivity contribution >= 4 is 11.0 Å². The highest BCUT2D eigenvalue weighted by atomic mass is 16.3. The zero-order chi connectivity index (χ0) is 14.8. The average Bonchev–Trinajstić information content (AvgIpc) is 3.04. The molecule has 5 heteroatoms. The van der Waals surface area contributed by atoms with Crippen LogP contribution in [0, 0.1) is 6.92 Å². The lowest BCUT2D eigenvalue weighted by molar-refractivity contribution is 0.448. The summed E-state index contributed by atoms with van der Waals surface area (Å²) < 4.78 is 7.92. The Hall–Kier alpha value is -2.14. The molecule has 0 spiro atoms. The van der Waals surface area contributed by atoms with Gasteiger partial charge >= 0.3 is 0 Å². The predicted octanol–water partition coefficient (Wildman–Crippen LogP) is 2.76. The summed E-state index contributed by atoms with van der Waals surface area (Å²) in [5, 5.41) is 12.7. The van der Waals surface area contributed by atoms with Crippen molar-refractivity contribution in [3.63, 3.8) is 0 Å². The first-order valence-electron chi connectivity index (χ1n) is 7.21. The molecule has 0 aliphatic carbocycles. The van der Waals surface area contributed by atoms with E-state index in [0.717, 1.165) is 30.1 Å². The molecule has 21 heavy (non-hydrogen) atoms. The van der Waals surface area contributed by atoms with E-state index in [-0.39, 0.29) is 6.04 Å². The van der Waals surface area contributed by atoms with Crippen molar-refractivity contribution in [1.82, 2.24) is 20.1 Å². The smallest absolute Gasteiger partial charge is 0.134 e. The van der Waals surface area contributed by atoms with Crippen LogP contribution in [0.3, 0.4) is 0 Å². The third-order valence-electron chi connectivity index (χ3n) is 3.88. The van der Waals surface area contributed by atoms with Crippen LogP contribution < -0.4 is 5.32 Å². The Morgan fingerprint density at radius 2 is 2.14 bits per heavy atom. The van der Waals surface area contributed by atoms with E-state index in [4.69, 9.17) is 4.42 Å². The van der Waals surface area contributed by atoms with Gasteiger partial charge in [-0.3, -0.25) is 0 Å². The van der Waals surface area contributed by atoms with Gasteiger partial charge < -0.3 is 14.3 Å². The van der Waals surface area contributed by atoms with Gasteiger partial charge in [0.25, 0.3) is 0 Å². The molecule has 0 saturated carbocycles. The van der Waals surface area contributed by atoms with Crippen LogP contribution in [-0.2, 0) is 13.5 Å². The van der Waals surface area contributed by atoms with Gasteiger partial charge in [0.05, 0.1) is 6.04 Å². The van der Waals surface area contributed by atoms with Crippen LogP contribution in [0.15, 0.2) is 35.0 Å². The minimum absolute atomic E-state index is 0.172. The first kappa shape index (κ1) is 13.8. The van der Waals surface area contributed by atoms with Gasteiger partial charge in [-0.25, -0.2) is 0 Å². The van der Waals surface area contributed by atoms with E-state index in [1.807, 2.05) is 29.8 Å². The molecule has 0 aliphatic heterocycles. The number of benzene rings is 1. The summed E-state index contributed by atoms with van der Waals surface area (Å²) in [6, 6.07) is 8.33. The second kappa shape index (κ2) is 5.69. The molecule has 0 fully saturated rings. The van der Waals surface area contributed by atoms with E-state index < -0.39 is 0 Å². The summed E-state index contributed by atoms with van der Waals surface area (Å²) >= 11 is 0. The Kier molecular flexibility index (Phi) is 3.75. The molecule has 3 rings (SSSR count). The van der Waals surface area contributed by atoms with Gasteiger partial charge in [-0.15, -0.1) is 10.2 Å². The first-order chi connectivity index (χ1) is 10.2. The number of hydrogen-bond acceptors (Lipinski definition) is 4. The molecule has 3 aromatic rings. The monoisotopic (exact) mass is 284 g/mol. The van der Waals surface area contributed by atoms with Crippen LogP contribution in [0.5, 0.6) is 0 Å². The van der Waals surface area contributed by atoms with Gasteiger partial charge in [-0.05, 0) is 25.5 Å². The quantitative estimate of drug-likeness (QED) is 0.782. The van der Waals surface area contributed by atoms with Crippen LogP contribution >= 0.6 is 0 Å². The van der Waals surface area contributed by atoms with Gasteiger partial charge in [0, 0.05) is 25.4 Å². The highest BCUT2D eigenvalue weighted by Gasteiger charge is 2.15. The van der Waals surface area contributed by atoms with Gasteiger partial charge in [-0.2, -0.15) is 0 Å². The van der Waals surface area contributed by atoms with Gasteiger partial charge in [0.2, 0.25) is 0 Å². The fourth-order valence-electron chi connectivity index (χ4n) is 2.63. The van der Waals surface area contributed by atoms with Crippen molar-refractivity contribution in [2.24, 2.45) is 7.05 Å². The fraction of sp³-hybridized carbons (Fsp3) is 0.375. The average molecular weight is 284 g/mol. The molecule has 0 bridgehead atoms. The van der Waals surface area contributed by atoms with E-state index in [1.54, 1.807) is 6.33 Å². The molecule has 0 radical (unpaired) electrons. The lowest BCUT2D eigenvalue weighted by Gasteiger charge is -2.12. The van der Waals surface area contributed by atoms with Crippen LogP contribution in [-0.4, -0.2) is 21.3 Å². The van der Waals surface area contributed by atoms with Gasteiger partial charge in [0.15, 0.2) is 0 Å². The molecular weight excluding hydrogens is 264 g/mol. The highest BCUT2D eigenvalue weighted by molar-refractivity contribution is 5.82. The number of para-hydroxylation sites is 1. The number of nitrogens with one attached hydrogen (secondary N) is 1. The van der Waals surface area contributed by atoms with Crippen LogP contribution in [0.2, 0.25) is 0 Å². The van der Waals surface area contributed by atoms with Crippen molar-refractivity contribution in [2.75, 3.05) is 6.54 Å². The SMILES string of the molecule is Cc1c(C(C)NCCc2nncn2C)oc2ccccc12. The Morgan fingerprint density at radius 1 is 1.33 bits per heavy atom. The van der Waals surface area contributed by atoms with E-state index in [9.17, 15) is 0 Å². The minimum atomic E-state index is 0.172. The lowest BCUT2D eigenvalue weighted by atomic mass is 10.1. The molecule has 2 aromatic heterocycles. The Morgan fingerprint density at radius 3 is 2.86 bits per heavy atom. The largest absolute Gasteiger partial charge is 0.459 e. The summed E-state index contributed by atoms with van der Waals surface area (Å²) in [5.74, 6) is 1.99. The van der Waals surface area contributed by atoms with Crippen molar-refractivity contribution in [2.45, 2.75) is 26.3 Å². The Labute approximate surface area is 124 Å². The molecule has 1 aromatic carbocycles. The maximum Gasteiger partial charge on any atom is 0.134 e. The minimum Gasteiger partial charge on any atom is -0.459 e. The van der Waals surface area contributed by atoms with Crippen molar-refractivity contribution < 1.29 is 4.42 Å². The second-order valence-corrected chi connectivity index (χ2v) is 5.37. The first-order valence-corrected chi connectivity index (χ1v) is 7.21. The number of fused-ring (bicyclic) bond motifs is 1. The molecule has 2 heterocycles. The molecule has 5 nitrogen and oxygen atoms in total. The van der Waals surface area contributed by atoms with Crippen molar-refractivity contribution in [3.05, 3.63) is 47.7 Å². The van der Waals surface area contributed by atoms with Crippen LogP contribution in [0.25, 0.3) is 11.0 Å². The lowest BCUT2D eigenvalue weighted by Crippen LogP contribution is -2.22. The Balaban J connectivity index is 1.68. The summed E-state index contributed by atoms with van der Waals surface area (Å²) in [5.41, 5.74) is 2.16. The van der Waals surface area contributed by atoms with Gasteiger partial charge in [-0.1, -0.05) is 18.2 Å². The number of aryl methyl sites for hydroxylation is 2. The molecule has 1 N–H and O–H groups in total. The maximum atomic E-state index is 5.98. The number of aromatic nitrogens is 3. The standard InChI is InChI=1S/C16H20N4O/c1-11-13-6-4-5-7-14(13)21-16(11)12(2)17-9-8-15-19-18-10-20(15)3/h4-7,10,12,17H,8-9H2,1-3H3. The number of furan rings is 1. The zero-order valence-electron chi connectivity index (χ0n) is 12.6. The van der Waals surface area contributed by atoms with E-state index >= 15 is 0 Å². The summed E-state index contributed by atoms with van der Waals surface area (Å²) in [6.07, 6.45) is 2.57. The fourth-order valence-corrected chi connectivity index (χ4v) is 2.63. The van der Waals surface area contributed by atoms with Crippen LogP contribution in [0.4, 0.5) is 0 Å². The van der Waals surface area contributed by atoms with Gasteiger partial charge in [0.1, 0.15) is 23.5 Å². The van der Waals surface area contributed by atoms with E-state index in [2.05, 4.69) is 35.4 Å². The maximum absolute atomic E-state index is 5.98. The molecule has 1 unspecified atom stereocenters. The third kappa shape index (κ3) is 2.69. The summed E-state index contributed by atoms with van der Waals surface area (Å²) in [6.45, 7) is 5.08. The molecule has 0 aliphatic rings. The molecule has 0 saturated heterocycles. The molecular formula is C16H20N4O. The number of nitrogens with zero attached hydrogens (tertiary/aromatic N) is 3. The third-order valence-corrected chi connectivity index (χ3v) is 3.88. The number of rotatable bonds is 5.